The highest BCUT2D eigenvalue weighted by atomic mass is 16.5. The van der Waals surface area contributed by atoms with Gasteiger partial charge >= 0.3 is 5.97 Å². The van der Waals surface area contributed by atoms with E-state index in [2.05, 4.69) is 32.2 Å². The van der Waals surface area contributed by atoms with E-state index in [1.165, 1.54) is 18.4 Å². The highest BCUT2D eigenvalue weighted by molar-refractivity contribution is 5.80. The van der Waals surface area contributed by atoms with Gasteiger partial charge in [-0.25, -0.2) is 0 Å². The molecule has 0 aliphatic carbocycles. The van der Waals surface area contributed by atoms with Crippen LogP contribution >= 0.6 is 0 Å². The van der Waals surface area contributed by atoms with Gasteiger partial charge < -0.3 is 19.7 Å². The van der Waals surface area contributed by atoms with E-state index < -0.39 is 0 Å². The Balaban J connectivity index is 1.60. The second-order valence-corrected chi connectivity index (χ2v) is 7.97. The van der Waals surface area contributed by atoms with Crippen LogP contribution in [0.4, 0.5) is 0 Å². The maximum absolute atomic E-state index is 12.0. The van der Waals surface area contributed by atoms with Gasteiger partial charge in [-0.3, -0.25) is 14.7 Å². The average Bonchev–Trinajstić information content (AvgIpc) is 3.32. The summed E-state index contributed by atoms with van der Waals surface area (Å²) in [5.41, 5.74) is 1.29. The molecule has 2 saturated heterocycles. The van der Waals surface area contributed by atoms with Gasteiger partial charge in [0.25, 0.3) is 0 Å². The second kappa shape index (κ2) is 11.2. The highest BCUT2D eigenvalue weighted by Gasteiger charge is 2.28. The van der Waals surface area contributed by atoms with Gasteiger partial charge in [-0.05, 0) is 63.4 Å². The molecule has 2 fully saturated rings. The molecule has 2 aliphatic heterocycles. The Morgan fingerprint density at radius 2 is 1.83 bits per heavy atom. The Labute approximate surface area is 180 Å². The van der Waals surface area contributed by atoms with Crippen LogP contribution in [0.1, 0.15) is 44.2 Å². The van der Waals surface area contributed by atoms with Crippen LogP contribution < -0.4 is 10.1 Å². The summed E-state index contributed by atoms with van der Waals surface area (Å²) in [6.45, 7) is 7.00. The molecule has 7 heteroatoms. The van der Waals surface area contributed by atoms with Crippen molar-refractivity contribution in [3.63, 3.8) is 0 Å². The van der Waals surface area contributed by atoms with Crippen molar-refractivity contribution in [2.24, 2.45) is 10.9 Å². The Kier molecular flexibility index (Phi) is 8.37. The molecule has 7 nitrogen and oxygen atoms in total. The molecule has 2 heterocycles. The van der Waals surface area contributed by atoms with E-state index in [0.717, 1.165) is 57.3 Å². The van der Waals surface area contributed by atoms with Crippen molar-refractivity contribution in [1.82, 2.24) is 15.1 Å². The van der Waals surface area contributed by atoms with E-state index in [0.29, 0.717) is 12.6 Å². The number of nitrogens with one attached hydrogen (secondary N) is 1. The molecular formula is C23H36N4O3. The number of rotatable bonds is 7. The van der Waals surface area contributed by atoms with Crippen LogP contribution in [0.5, 0.6) is 5.75 Å². The first-order valence-corrected chi connectivity index (χ1v) is 11.2. The molecular weight excluding hydrogens is 380 g/mol. The largest absolute Gasteiger partial charge is 0.497 e. The predicted octanol–water partition coefficient (Wildman–Crippen LogP) is 2.68. The molecule has 0 aromatic heterocycles. The molecule has 0 bridgehead atoms. The Morgan fingerprint density at radius 3 is 2.40 bits per heavy atom. The summed E-state index contributed by atoms with van der Waals surface area (Å²) >= 11 is 0. The van der Waals surface area contributed by atoms with Gasteiger partial charge in [0.05, 0.1) is 25.7 Å². The monoisotopic (exact) mass is 416 g/mol. The minimum absolute atomic E-state index is 0.0101. The summed E-state index contributed by atoms with van der Waals surface area (Å²) in [4.78, 5) is 21.3. The number of piperidine rings is 1. The SMILES string of the molecule is CCOC(=O)C1CCN(C(=NC)NCC(c2ccc(OC)cc2)N2CCCC2)CC1. The third-order valence-corrected chi connectivity index (χ3v) is 6.16. The Morgan fingerprint density at radius 1 is 1.17 bits per heavy atom. The van der Waals surface area contributed by atoms with Gasteiger partial charge in [0, 0.05) is 26.7 Å². The number of benzene rings is 1. The maximum atomic E-state index is 12.0. The van der Waals surface area contributed by atoms with Crippen molar-refractivity contribution < 1.29 is 14.3 Å². The fourth-order valence-electron chi connectivity index (χ4n) is 4.44. The summed E-state index contributed by atoms with van der Waals surface area (Å²) in [5.74, 6) is 1.74. The van der Waals surface area contributed by atoms with Gasteiger partial charge in [-0.15, -0.1) is 0 Å². The molecule has 1 aromatic rings. The van der Waals surface area contributed by atoms with E-state index in [9.17, 15) is 4.79 Å². The minimum Gasteiger partial charge on any atom is -0.497 e. The van der Waals surface area contributed by atoms with Gasteiger partial charge in [0.15, 0.2) is 5.96 Å². The van der Waals surface area contributed by atoms with Gasteiger partial charge in [0.2, 0.25) is 0 Å². The standard InChI is InChI=1S/C23H36N4O3/c1-4-30-22(28)19-11-15-27(16-12-19)23(24-2)25-17-21(26-13-5-6-14-26)18-7-9-20(29-3)10-8-18/h7-10,19,21H,4-6,11-17H2,1-3H3,(H,24,25). The van der Waals surface area contributed by atoms with E-state index >= 15 is 0 Å². The number of hydrogen-bond donors (Lipinski definition) is 1. The van der Waals surface area contributed by atoms with Crippen LogP contribution in [0.2, 0.25) is 0 Å². The van der Waals surface area contributed by atoms with E-state index in [4.69, 9.17) is 9.47 Å². The quantitative estimate of drug-likeness (QED) is 0.419. The molecule has 0 radical (unpaired) electrons. The van der Waals surface area contributed by atoms with Crippen LogP contribution in [0.15, 0.2) is 29.3 Å². The number of carbonyl (C=O) groups is 1. The van der Waals surface area contributed by atoms with Crippen LogP contribution in [0, 0.1) is 5.92 Å². The van der Waals surface area contributed by atoms with Crippen LogP contribution in [0.3, 0.4) is 0 Å². The molecule has 1 N–H and O–H groups in total. The molecule has 0 amide bonds. The number of hydrogen-bond acceptors (Lipinski definition) is 5. The lowest BCUT2D eigenvalue weighted by Crippen LogP contribution is -2.48. The highest BCUT2D eigenvalue weighted by Crippen LogP contribution is 2.26. The van der Waals surface area contributed by atoms with Crippen molar-refractivity contribution >= 4 is 11.9 Å². The lowest BCUT2D eigenvalue weighted by atomic mass is 9.97. The topological polar surface area (TPSA) is 66.4 Å². The molecule has 0 spiro atoms. The van der Waals surface area contributed by atoms with Crippen molar-refractivity contribution in [2.45, 2.75) is 38.6 Å². The van der Waals surface area contributed by atoms with Crippen LogP contribution in [-0.2, 0) is 9.53 Å². The number of guanidine groups is 1. The first kappa shape index (κ1) is 22.4. The lowest BCUT2D eigenvalue weighted by molar-refractivity contribution is -0.149. The average molecular weight is 417 g/mol. The number of esters is 1. The zero-order valence-electron chi connectivity index (χ0n) is 18.6. The van der Waals surface area contributed by atoms with E-state index in [1.54, 1.807) is 7.11 Å². The molecule has 166 valence electrons. The predicted molar refractivity (Wildman–Crippen MR) is 119 cm³/mol. The van der Waals surface area contributed by atoms with E-state index in [1.807, 2.05) is 26.1 Å². The summed E-state index contributed by atoms with van der Waals surface area (Å²) in [5, 5.41) is 3.60. The first-order valence-electron chi connectivity index (χ1n) is 11.2. The fourth-order valence-corrected chi connectivity index (χ4v) is 4.44. The zero-order chi connectivity index (χ0) is 21.3. The number of nitrogens with zero attached hydrogens (tertiary/aromatic N) is 3. The third-order valence-electron chi connectivity index (χ3n) is 6.16. The van der Waals surface area contributed by atoms with E-state index in [-0.39, 0.29) is 11.9 Å². The van der Waals surface area contributed by atoms with Crippen molar-refractivity contribution in [1.29, 1.82) is 0 Å². The maximum Gasteiger partial charge on any atom is 0.309 e. The van der Waals surface area contributed by atoms with Crippen molar-refractivity contribution in [3.05, 3.63) is 29.8 Å². The smallest absolute Gasteiger partial charge is 0.309 e. The summed E-state index contributed by atoms with van der Waals surface area (Å²) in [6, 6.07) is 8.70. The molecule has 2 aliphatic rings. The third kappa shape index (κ3) is 5.65. The molecule has 1 unspecified atom stereocenters. The Bertz CT molecular complexity index is 693. The molecule has 3 rings (SSSR count). The number of aliphatic imine (C=N–C) groups is 1. The Hall–Kier alpha value is -2.28. The molecule has 0 saturated carbocycles. The summed E-state index contributed by atoms with van der Waals surface area (Å²) < 4.78 is 10.5. The van der Waals surface area contributed by atoms with Crippen molar-refractivity contribution in [3.8, 4) is 5.75 Å². The number of methoxy groups -OCH3 is 1. The number of likely N-dealkylation sites (tertiary alicyclic amines) is 2. The zero-order valence-corrected chi connectivity index (χ0v) is 18.6. The molecule has 30 heavy (non-hydrogen) atoms. The fraction of sp³-hybridized carbons (Fsp3) is 0.652. The summed E-state index contributed by atoms with van der Waals surface area (Å²) in [7, 11) is 3.53. The number of ether oxygens (including phenoxy) is 2. The normalized spacial score (nSPS) is 19.6. The molecule has 1 aromatic carbocycles. The van der Waals surface area contributed by atoms with Crippen LogP contribution in [0.25, 0.3) is 0 Å². The van der Waals surface area contributed by atoms with Gasteiger partial charge in [-0.1, -0.05) is 12.1 Å². The lowest BCUT2D eigenvalue weighted by Gasteiger charge is -2.35. The van der Waals surface area contributed by atoms with Crippen molar-refractivity contribution in [2.75, 3.05) is 53.5 Å². The first-order chi connectivity index (χ1) is 14.7. The summed E-state index contributed by atoms with van der Waals surface area (Å²) in [6.07, 6.45) is 4.13. The number of carbonyl (C=O) groups excluding carboxylic acids is 1. The van der Waals surface area contributed by atoms with Crippen LogP contribution in [-0.4, -0.2) is 75.2 Å². The second-order valence-electron chi connectivity index (χ2n) is 7.97. The molecule has 1 atom stereocenters. The minimum atomic E-state index is -0.0614. The van der Waals surface area contributed by atoms with Gasteiger partial charge in [0.1, 0.15) is 5.75 Å². The van der Waals surface area contributed by atoms with Gasteiger partial charge in [-0.2, -0.15) is 0 Å².